The zero-order valence-electron chi connectivity index (χ0n) is 7.06. The van der Waals surface area contributed by atoms with Gasteiger partial charge in [-0.05, 0) is 13.0 Å². The molecular weight excluding hydrogens is 209 g/mol. The van der Waals surface area contributed by atoms with Crippen LogP contribution in [0.25, 0.3) is 0 Å². The van der Waals surface area contributed by atoms with E-state index in [1.807, 2.05) is 0 Å². The minimum Gasteiger partial charge on any atom is -0.382 e. The molecule has 3 nitrogen and oxygen atoms in total. The third kappa shape index (κ3) is 3.03. The zero-order valence-corrected chi connectivity index (χ0v) is 8.57. The van der Waals surface area contributed by atoms with Crippen LogP contribution >= 0.6 is 23.2 Å². The third-order valence-electron chi connectivity index (χ3n) is 1.54. The lowest BCUT2D eigenvalue weighted by molar-refractivity contribution is 0.874. The van der Waals surface area contributed by atoms with Crippen molar-refractivity contribution >= 4 is 28.9 Å². The zero-order chi connectivity index (χ0) is 9.68. The Kier molecular flexibility index (Phi) is 4.28. The fourth-order valence-corrected chi connectivity index (χ4v) is 1.39. The molecule has 3 N–H and O–H groups in total. The molecule has 0 aliphatic carbocycles. The molecule has 0 aliphatic heterocycles. The Balaban J connectivity index is 2.64. The first kappa shape index (κ1) is 10.6. The van der Waals surface area contributed by atoms with Gasteiger partial charge in [0.2, 0.25) is 0 Å². The number of rotatable bonds is 4. The number of halogens is 2. The van der Waals surface area contributed by atoms with Gasteiger partial charge >= 0.3 is 0 Å². The maximum absolute atomic E-state index is 5.87. The van der Waals surface area contributed by atoms with Crippen molar-refractivity contribution in [2.45, 2.75) is 6.42 Å². The third-order valence-corrected chi connectivity index (χ3v) is 2.11. The molecule has 0 saturated carbocycles. The Morgan fingerprint density at radius 3 is 2.46 bits per heavy atom. The van der Waals surface area contributed by atoms with Crippen LogP contribution in [0.4, 0.5) is 5.69 Å². The average molecular weight is 220 g/mol. The summed E-state index contributed by atoms with van der Waals surface area (Å²) in [4.78, 5) is 3.84. The van der Waals surface area contributed by atoms with Gasteiger partial charge in [-0.15, -0.1) is 0 Å². The van der Waals surface area contributed by atoms with Crippen molar-refractivity contribution in [1.29, 1.82) is 0 Å². The molecule has 0 saturated heterocycles. The molecule has 1 rings (SSSR count). The first-order valence-electron chi connectivity index (χ1n) is 3.98. The number of nitrogens with one attached hydrogen (secondary N) is 1. The Morgan fingerprint density at radius 2 is 1.92 bits per heavy atom. The second-order valence-corrected chi connectivity index (χ2v) is 3.36. The maximum Gasteiger partial charge on any atom is 0.0836 e. The molecule has 0 radical (unpaired) electrons. The lowest BCUT2D eigenvalue weighted by Crippen LogP contribution is -2.09. The highest BCUT2D eigenvalue weighted by Gasteiger charge is 2.03. The number of hydrogen-bond donors (Lipinski definition) is 2. The summed E-state index contributed by atoms with van der Waals surface area (Å²) in [5.41, 5.74) is 6.08. The summed E-state index contributed by atoms with van der Waals surface area (Å²) in [6.07, 6.45) is 3.99. The van der Waals surface area contributed by atoms with Gasteiger partial charge in [-0.2, -0.15) is 0 Å². The predicted molar refractivity (Wildman–Crippen MR) is 56.4 cm³/mol. The molecule has 0 bridgehead atoms. The van der Waals surface area contributed by atoms with Gasteiger partial charge in [0, 0.05) is 18.9 Å². The minimum absolute atomic E-state index is 0.532. The molecule has 0 amide bonds. The van der Waals surface area contributed by atoms with Crippen LogP contribution in [-0.4, -0.2) is 18.1 Å². The van der Waals surface area contributed by atoms with Gasteiger partial charge in [0.25, 0.3) is 0 Å². The van der Waals surface area contributed by atoms with Crippen LogP contribution < -0.4 is 11.1 Å². The first-order chi connectivity index (χ1) is 6.25. The molecular formula is C8H11Cl2N3. The molecule has 0 spiro atoms. The first-order valence-corrected chi connectivity index (χ1v) is 4.74. The molecule has 72 valence electrons. The van der Waals surface area contributed by atoms with E-state index in [9.17, 15) is 0 Å². The van der Waals surface area contributed by atoms with E-state index in [2.05, 4.69) is 10.3 Å². The van der Waals surface area contributed by atoms with Crippen LogP contribution in [0.2, 0.25) is 10.0 Å². The monoisotopic (exact) mass is 219 g/mol. The second kappa shape index (κ2) is 5.27. The van der Waals surface area contributed by atoms with Gasteiger partial charge in [0.15, 0.2) is 0 Å². The van der Waals surface area contributed by atoms with Crippen LogP contribution in [0.3, 0.4) is 0 Å². The fraction of sp³-hybridized carbons (Fsp3) is 0.375. The van der Waals surface area contributed by atoms with Crippen molar-refractivity contribution in [3.05, 3.63) is 22.4 Å². The van der Waals surface area contributed by atoms with Crippen molar-refractivity contribution in [3.8, 4) is 0 Å². The topological polar surface area (TPSA) is 50.9 Å². The molecule has 1 heterocycles. The lowest BCUT2D eigenvalue weighted by atomic mass is 10.3. The van der Waals surface area contributed by atoms with Crippen molar-refractivity contribution in [3.63, 3.8) is 0 Å². The van der Waals surface area contributed by atoms with E-state index in [4.69, 9.17) is 28.9 Å². The van der Waals surface area contributed by atoms with Gasteiger partial charge in [0.1, 0.15) is 0 Å². The number of nitrogens with zero attached hydrogens (tertiary/aromatic N) is 1. The van der Waals surface area contributed by atoms with Crippen LogP contribution in [0, 0.1) is 0 Å². The summed E-state index contributed by atoms with van der Waals surface area (Å²) in [5.74, 6) is 0. The molecule has 1 aromatic rings. The summed E-state index contributed by atoms with van der Waals surface area (Å²) in [6, 6.07) is 0. The van der Waals surface area contributed by atoms with E-state index < -0.39 is 0 Å². The minimum atomic E-state index is 0.532. The van der Waals surface area contributed by atoms with Gasteiger partial charge in [-0.25, -0.2) is 0 Å². The standard InChI is InChI=1S/C8H11Cl2N3/c9-6-4-12-5-7(10)8(6)13-3-1-2-11/h4-5H,1-3,11H2,(H,12,13). The number of pyridine rings is 1. The van der Waals surface area contributed by atoms with E-state index in [1.165, 1.54) is 0 Å². The molecule has 0 aliphatic rings. The van der Waals surface area contributed by atoms with Gasteiger partial charge in [-0.3, -0.25) is 4.98 Å². The maximum atomic E-state index is 5.87. The smallest absolute Gasteiger partial charge is 0.0836 e. The predicted octanol–water partition coefficient (Wildman–Crippen LogP) is 2.15. The molecule has 0 unspecified atom stereocenters. The van der Waals surface area contributed by atoms with Crippen molar-refractivity contribution in [2.24, 2.45) is 5.73 Å². The van der Waals surface area contributed by atoms with E-state index in [1.54, 1.807) is 12.4 Å². The molecule has 5 heteroatoms. The number of nitrogens with two attached hydrogens (primary N) is 1. The van der Waals surface area contributed by atoms with E-state index in [0.717, 1.165) is 18.7 Å². The Hall–Kier alpha value is -0.510. The molecule has 0 atom stereocenters. The summed E-state index contributed by atoms with van der Waals surface area (Å²) >= 11 is 11.7. The Labute approximate surface area is 87.2 Å². The molecule has 0 aromatic carbocycles. The lowest BCUT2D eigenvalue weighted by Gasteiger charge is -2.08. The van der Waals surface area contributed by atoms with Gasteiger partial charge in [-0.1, -0.05) is 23.2 Å². The largest absolute Gasteiger partial charge is 0.382 e. The van der Waals surface area contributed by atoms with Crippen LogP contribution in [-0.2, 0) is 0 Å². The summed E-state index contributed by atoms with van der Waals surface area (Å²) in [5, 5.41) is 4.16. The van der Waals surface area contributed by atoms with Crippen LogP contribution in [0.15, 0.2) is 12.4 Å². The number of aromatic nitrogens is 1. The van der Waals surface area contributed by atoms with Crippen LogP contribution in [0.1, 0.15) is 6.42 Å². The number of hydrogen-bond acceptors (Lipinski definition) is 3. The van der Waals surface area contributed by atoms with Gasteiger partial charge in [0.05, 0.1) is 15.7 Å². The van der Waals surface area contributed by atoms with E-state index in [0.29, 0.717) is 16.6 Å². The quantitative estimate of drug-likeness (QED) is 0.764. The van der Waals surface area contributed by atoms with Crippen LogP contribution in [0.5, 0.6) is 0 Å². The highest BCUT2D eigenvalue weighted by molar-refractivity contribution is 6.38. The normalized spacial score (nSPS) is 10.1. The molecule has 1 aromatic heterocycles. The van der Waals surface area contributed by atoms with E-state index in [-0.39, 0.29) is 0 Å². The van der Waals surface area contributed by atoms with Gasteiger partial charge < -0.3 is 11.1 Å². The average Bonchev–Trinajstić information content (AvgIpc) is 2.10. The van der Waals surface area contributed by atoms with E-state index >= 15 is 0 Å². The number of anilines is 1. The summed E-state index contributed by atoms with van der Waals surface area (Å²) < 4.78 is 0. The summed E-state index contributed by atoms with van der Waals surface area (Å²) in [6.45, 7) is 1.41. The Morgan fingerprint density at radius 1 is 1.31 bits per heavy atom. The highest BCUT2D eigenvalue weighted by Crippen LogP contribution is 2.28. The fourth-order valence-electron chi connectivity index (χ4n) is 0.896. The molecule has 0 fully saturated rings. The second-order valence-electron chi connectivity index (χ2n) is 2.55. The highest BCUT2D eigenvalue weighted by atomic mass is 35.5. The summed E-state index contributed by atoms with van der Waals surface area (Å²) in [7, 11) is 0. The van der Waals surface area contributed by atoms with Crippen molar-refractivity contribution in [1.82, 2.24) is 4.98 Å². The Bertz CT molecular complexity index is 258. The molecule has 13 heavy (non-hydrogen) atoms. The van der Waals surface area contributed by atoms with Crippen molar-refractivity contribution in [2.75, 3.05) is 18.4 Å². The SMILES string of the molecule is NCCCNc1c(Cl)cncc1Cl. The van der Waals surface area contributed by atoms with Crippen molar-refractivity contribution < 1.29 is 0 Å².